The van der Waals surface area contributed by atoms with Gasteiger partial charge in [-0.15, -0.1) is 0 Å². The van der Waals surface area contributed by atoms with Crippen LogP contribution in [0.25, 0.3) is 0 Å². The first-order valence-electron chi connectivity index (χ1n) is 5.94. The number of likely N-dealkylation sites (tertiary alicyclic amines) is 1. The summed E-state index contributed by atoms with van der Waals surface area (Å²) in [5.74, 6) is -0.275. The molecule has 1 N–H and O–H groups in total. The Morgan fingerprint density at radius 3 is 2.67 bits per heavy atom. The Kier molecular flexibility index (Phi) is 2.28. The first kappa shape index (κ1) is 10.0. The lowest BCUT2D eigenvalue weighted by atomic mass is 9.74. The van der Waals surface area contributed by atoms with Gasteiger partial charge in [-0.25, -0.2) is 0 Å². The first-order valence-corrected chi connectivity index (χ1v) is 5.94. The van der Waals surface area contributed by atoms with E-state index in [2.05, 4.69) is 17.3 Å². The molecule has 3 fully saturated rings. The molecule has 1 atom stereocenters. The maximum Gasteiger partial charge on any atom is 0.177 e. The molecule has 0 bridgehead atoms. The maximum atomic E-state index is 5.98. The van der Waals surface area contributed by atoms with Crippen molar-refractivity contribution in [2.75, 3.05) is 46.4 Å². The SMILES string of the molecule is CN1CCC2(CNCCC23OCCO3)C1. The summed E-state index contributed by atoms with van der Waals surface area (Å²) in [4.78, 5) is 2.39. The van der Waals surface area contributed by atoms with Crippen molar-refractivity contribution in [1.82, 2.24) is 10.2 Å². The van der Waals surface area contributed by atoms with Crippen LogP contribution in [-0.4, -0.2) is 57.1 Å². The lowest BCUT2D eigenvalue weighted by molar-refractivity contribution is -0.246. The molecular weight excluding hydrogens is 192 g/mol. The second-order valence-electron chi connectivity index (χ2n) is 5.14. The number of hydrogen-bond donors (Lipinski definition) is 1. The molecule has 86 valence electrons. The average molecular weight is 212 g/mol. The molecule has 0 amide bonds. The van der Waals surface area contributed by atoms with Crippen LogP contribution in [0.5, 0.6) is 0 Å². The predicted octanol–water partition coefficient (Wildman–Crippen LogP) is 0.0447. The number of nitrogens with one attached hydrogen (secondary N) is 1. The minimum absolute atomic E-state index is 0.191. The smallest absolute Gasteiger partial charge is 0.177 e. The molecule has 2 spiro atoms. The van der Waals surface area contributed by atoms with Gasteiger partial charge in [0.05, 0.1) is 18.6 Å². The van der Waals surface area contributed by atoms with Crippen LogP contribution >= 0.6 is 0 Å². The number of rotatable bonds is 0. The van der Waals surface area contributed by atoms with Gasteiger partial charge in [0.2, 0.25) is 0 Å². The third kappa shape index (κ3) is 1.35. The van der Waals surface area contributed by atoms with Crippen molar-refractivity contribution in [2.24, 2.45) is 5.41 Å². The quantitative estimate of drug-likeness (QED) is 0.615. The van der Waals surface area contributed by atoms with E-state index in [1.54, 1.807) is 0 Å². The number of piperidine rings is 1. The average Bonchev–Trinajstić information content (AvgIpc) is 2.81. The minimum atomic E-state index is -0.275. The summed E-state index contributed by atoms with van der Waals surface area (Å²) in [6, 6.07) is 0. The van der Waals surface area contributed by atoms with Crippen LogP contribution in [0.3, 0.4) is 0 Å². The van der Waals surface area contributed by atoms with E-state index < -0.39 is 0 Å². The Bertz CT molecular complexity index is 249. The zero-order valence-corrected chi connectivity index (χ0v) is 9.42. The van der Waals surface area contributed by atoms with Gasteiger partial charge in [0.1, 0.15) is 0 Å². The van der Waals surface area contributed by atoms with Crippen LogP contribution in [0.4, 0.5) is 0 Å². The van der Waals surface area contributed by atoms with Crippen molar-refractivity contribution < 1.29 is 9.47 Å². The van der Waals surface area contributed by atoms with E-state index in [-0.39, 0.29) is 11.2 Å². The molecule has 3 aliphatic rings. The van der Waals surface area contributed by atoms with Gasteiger partial charge in [-0.2, -0.15) is 0 Å². The Hall–Kier alpha value is -0.160. The van der Waals surface area contributed by atoms with Gasteiger partial charge in [0, 0.05) is 26.1 Å². The summed E-state index contributed by atoms with van der Waals surface area (Å²) in [5, 5.41) is 3.50. The maximum absolute atomic E-state index is 5.98. The van der Waals surface area contributed by atoms with E-state index in [9.17, 15) is 0 Å². The Morgan fingerprint density at radius 2 is 2.00 bits per heavy atom. The van der Waals surface area contributed by atoms with E-state index in [0.29, 0.717) is 0 Å². The number of ether oxygens (including phenoxy) is 2. The van der Waals surface area contributed by atoms with Crippen molar-refractivity contribution in [2.45, 2.75) is 18.6 Å². The summed E-state index contributed by atoms with van der Waals surface area (Å²) < 4.78 is 12.0. The third-order valence-corrected chi connectivity index (χ3v) is 4.20. The predicted molar refractivity (Wildman–Crippen MR) is 56.7 cm³/mol. The molecule has 3 rings (SSSR count). The van der Waals surface area contributed by atoms with E-state index in [0.717, 1.165) is 45.8 Å². The molecular formula is C11H20N2O2. The highest BCUT2D eigenvalue weighted by atomic mass is 16.7. The van der Waals surface area contributed by atoms with Crippen molar-refractivity contribution in [3.63, 3.8) is 0 Å². The molecule has 4 nitrogen and oxygen atoms in total. The molecule has 0 saturated carbocycles. The van der Waals surface area contributed by atoms with E-state index >= 15 is 0 Å². The van der Waals surface area contributed by atoms with E-state index in [1.165, 1.54) is 6.42 Å². The van der Waals surface area contributed by atoms with E-state index in [1.807, 2.05) is 0 Å². The molecule has 0 aliphatic carbocycles. The molecule has 3 aliphatic heterocycles. The van der Waals surface area contributed by atoms with Crippen LogP contribution in [0, 0.1) is 5.41 Å². The summed E-state index contributed by atoms with van der Waals surface area (Å²) in [7, 11) is 2.19. The fourth-order valence-corrected chi connectivity index (χ4v) is 3.42. The molecule has 3 heterocycles. The zero-order chi connectivity index (χ0) is 10.4. The Balaban J connectivity index is 1.90. The minimum Gasteiger partial charge on any atom is -0.347 e. The van der Waals surface area contributed by atoms with Crippen LogP contribution in [0.1, 0.15) is 12.8 Å². The van der Waals surface area contributed by atoms with Crippen LogP contribution in [0.15, 0.2) is 0 Å². The fourth-order valence-electron chi connectivity index (χ4n) is 3.42. The summed E-state index contributed by atoms with van der Waals surface area (Å²) in [6.45, 7) is 5.86. The van der Waals surface area contributed by atoms with Gasteiger partial charge in [0.15, 0.2) is 5.79 Å². The van der Waals surface area contributed by atoms with Gasteiger partial charge in [-0.05, 0) is 20.0 Å². The highest BCUT2D eigenvalue weighted by Gasteiger charge is 2.59. The van der Waals surface area contributed by atoms with Crippen LogP contribution in [-0.2, 0) is 9.47 Å². The molecule has 0 aromatic heterocycles. The molecule has 1 unspecified atom stereocenters. The molecule has 3 saturated heterocycles. The lowest BCUT2D eigenvalue weighted by Crippen LogP contribution is -2.60. The van der Waals surface area contributed by atoms with Crippen LogP contribution < -0.4 is 5.32 Å². The molecule has 0 aromatic carbocycles. The van der Waals surface area contributed by atoms with Crippen molar-refractivity contribution in [3.8, 4) is 0 Å². The second kappa shape index (κ2) is 3.42. The van der Waals surface area contributed by atoms with Gasteiger partial charge < -0.3 is 19.7 Å². The second-order valence-corrected chi connectivity index (χ2v) is 5.14. The third-order valence-electron chi connectivity index (χ3n) is 4.20. The summed E-state index contributed by atoms with van der Waals surface area (Å²) >= 11 is 0. The van der Waals surface area contributed by atoms with Crippen molar-refractivity contribution >= 4 is 0 Å². The van der Waals surface area contributed by atoms with Gasteiger partial charge in [0.25, 0.3) is 0 Å². The highest BCUT2D eigenvalue weighted by Crippen LogP contribution is 2.48. The number of nitrogens with zero attached hydrogens (tertiary/aromatic N) is 1. The standard InChI is InChI=1S/C11H20N2O2/c1-13-5-3-10(9-13)8-12-4-2-11(10)14-6-7-15-11/h12H,2-9H2,1H3. The van der Waals surface area contributed by atoms with Gasteiger partial charge in [-0.3, -0.25) is 0 Å². The Morgan fingerprint density at radius 1 is 1.20 bits per heavy atom. The normalized spacial score (nSPS) is 40.6. The molecule has 0 aromatic rings. The highest BCUT2D eigenvalue weighted by molar-refractivity contribution is 5.05. The number of fused-ring (bicyclic) bond motifs is 1. The lowest BCUT2D eigenvalue weighted by Gasteiger charge is -2.48. The first-order chi connectivity index (χ1) is 7.27. The van der Waals surface area contributed by atoms with E-state index in [4.69, 9.17) is 9.47 Å². The van der Waals surface area contributed by atoms with Crippen molar-refractivity contribution in [1.29, 1.82) is 0 Å². The zero-order valence-electron chi connectivity index (χ0n) is 9.42. The fraction of sp³-hybridized carbons (Fsp3) is 1.00. The Labute approximate surface area is 90.9 Å². The topological polar surface area (TPSA) is 33.7 Å². The monoisotopic (exact) mass is 212 g/mol. The van der Waals surface area contributed by atoms with Crippen LogP contribution in [0.2, 0.25) is 0 Å². The summed E-state index contributed by atoms with van der Waals surface area (Å²) in [6.07, 6.45) is 2.19. The largest absolute Gasteiger partial charge is 0.347 e. The van der Waals surface area contributed by atoms with Crippen molar-refractivity contribution in [3.05, 3.63) is 0 Å². The summed E-state index contributed by atoms with van der Waals surface area (Å²) in [5.41, 5.74) is 0.191. The molecule has 15 heavy (non-hydrogen) atoms. The van der Waals surface area contributed by atoms with Gasteiger partial charge in [-0.1, -0.05) is 0 Å². The number of hydrogen-bond acceptors (Lipinski definition) is 4. The molecule has 4 heteroatoms. The molecule has 0 radical (unpaired) electrons. The van der Waals surface area contributed by atoms with Gasteiger partial charge >= 0.3 is 0 Å².